The largest absolute Gasteiger partial charge is 0.462 e. The van der Waals surface area contributed by atoms with E-state index in [4.69, 9.17) is 14.2 Å². The summed E-state index contributed by atoms with van der Waals surface area (Å²) >= 11 is 0. The summed E-state index contributed by atoms with van der Waals surface area (Å²) in [6.07, 6.45) is -0.00425. The highest BCUT2D eigenvalue weighted by atomic mass is 16.5. The summed E-state index contributed by atoms with van der Waals surface area (Å²) < 4.78 is 16.3. The minimum atomic E-state index is -0.683. The van der Waals surface area contributed by atoms with E-state index in [2.05, 4.69) is 5.32 Å². The van der Waals surface area contributed by atoms with Crippen molar-refractivity contribution in [2.24, 2.45) is 11.8 Å². The van der Waals surface area contributed by atoms with Crippen LogP contribution < -0.4 is 15.0 Å². The predicted octanol–water partition coefficient (Wildman–Crippen LogP) is 5.44. The third-order valence-electron chi connectivity index (χ3n) is 6.62. The Morgan fingerprint density at radius 1 is 0.902 bits per heavy atom. The average Bonchev–Trinajstić information content (AvgIpc) is 3.34. The Morgan fingerprint density at radius 2 is 1.59 bits per heavy atom. The zero-order valence-corrected chi connectivity index (χ0v) is 23.6. The number of ether oxygens (including phenoxy) is 3. The van der Waals surface area contributed by atoms with Crippen LogP contribution in [0.1, 0.15) is 41.8 Å². The highest BCUT2D eigenvalue weighted by molar-refractivity contribution is 6.00. The van der Waals surface area contributed by atoms with Gasteiger partial charge in [0.2, 0.25) is 5.91 Å². The van der Waals surface area contributed by atoms with Gasteiger partial charge in [-0.25, -0.2) is 4.79 Å². The van der Waals surface area contributed by atoms with Crippen molar-refractivity contribution in [1.82, 2.24) is 0 Å². The fourth-order valence-corrected chi connectivity index (χ4v) is 4.19. The number of aryl methyl sites for hydroxylation is 2. The fourth-order valence-electron chi connectivity index (χ4n) is 4.19. The summed E-state index contributed by atoms with van der Waals surface area (Å²) in [6, 6.07) is 19.2. The van der Waals surface area contributed by atoms with Crippen LogP contribution in [0.5, 0.6) is 11.5 Å². The molecule has 2 amide bonds. The zero-order chi connectivity index (χ0) is 29.5. The average molecular weight is 559 g/mol. The number of amides is 2. The highest BCUT2D eigenvalue weighted by Crippen LogP contribution is 2.29. The third kappa shape index (κ3) is 7.94. The molecule has 1 N–H and O–H groups in total. The maximum atomic E-state index is 12.6. The summed E-state index contributed by atoms with van der Waals surface area (Å²) in [6.45, 7) is 7.94. The number of nitrogens with one attached hydrogen (secondary N) is 1. The molecule has 9 nitrogen and oxygen atoms in total. The number of benzene rings is 3. The van der Waals surface area contributed by atoms with Crippen LogP contribution in [-0.4, -0.2) is 43.5 Å². The van der Waals surface area contributed by atoms with E-state index in [-0.39, 0.29) is 24.8 Å². The number of rotatable bonds is 10. The molecule has 1 atom stereocenters. The molecule has 0 saturated carbocycles. The number of anilines is 2. The van der Waals surface area contributed by atoms with Crippen LogP contribution in [0.25, 0.3) is 0 Å². The summed E-state index contributed by atoms with van der Waals surface area (Å²) in [5.74, 6) is -0.888. The number of nitrogens with zero attached hydrogens (tertiary/aromatic N) is 1. The minimum Gasteiger partial charge on any atom is -0.462 e. The van der Waals surface area contributed by atoms with Crippen molar-refractivity contribution in [2.45, 2.75) is 34.1 Å². The molecule has 0 bridgehead atoms. The maximum absolute atomic E-state index is 12.6. The fraction of sp³-hybridized carbons (Fsp3) is 0.312. The first-order valence-corrected chi connectivity index (χ1v) is 13.5. The van der Waals surface area contributed by atoms with Gasteiger partial charge in [-0.05, 0) is 91.6 Å². The van der Waals surface area contributed by atoms with Gasteiger partial charge in [0.15, 0.2) is 6.61 Å². The maximum Gasteiger partial charge on any atom is 0.338 e. The van der Waals surface area contributed by atoms with E-state index < -0.39 is 30.4 Å². The van der Waals surface area contributed by atoms with Crippen LogP contribution in [0.2, 0.25) is 0 Å². The lowest BCUT2D eigenvalue weighted by Crippen LogP contribution is -2.28. The lowest BCUT2D eigenvalue weighted by Gasteiger charge is -2.17. The van der Waals surface area contributed by atoms with E-state index in [1.54, 1.807) is 48.5 Å². The molecule has 0 unspecified atom stereocenters. The molecule has 4 rings (SSSR count). The molecule has 3 aromatic rings. The molecule has 3 aromatic carbocycles. The van der Waals surface area contributed by atoms with Gasteiger partial charge < -0.3 is 24.4 Å². The molecule has 9 heteroatoms. The zero-order valence-electron chi connectivity index (χ0n) is 23.6. The summed E-state index contributed by atoms with van der Waals surface area (Å²) in [4.78, 5) is 51.1. The molecular weight excluding hydrogens is 524 g/mol. The van der Waals surface area contributed by atoms with Crippen LogP contribution in [0.3, 0.4) is 0 Å². The first-order valence-electron chi connectivity index (χ1n) is 13.5. The predicted molar refractivity (Wildman–Crippen MR) is 154 cm³/mol. The minimum absolute atomic E-state index is 0.00425. The second-order valence-corrected chi connectivity index (χ2v) is 10.5. The molecular formula is C32H34N2O7. The lowest BCUT2D eigenvalue weighted by molar-refractivity contribution is -0.151. The standard InChI is InChI=1S/C32H34N2O7/c1-20(2)18-39-31(37)23-6-8-25(9-7-23)33-29(35)19-40-32(38)24-16-30(36)34(17-24)26-10-13-27(14-11-26)41-28-12-5-21(3)22(4)15-28/h5-15,20,24H,16-19H2,1-4H3,(H,33,35)/t24-/m0/s1. The molecule has 1 fully saturated rings. The van der Waals surface area contributed by atoms with Crippen LogP contribution in [0.4, 0.5) is 11.4 Å². The van der Waals surface area contributed by atoms with Crippen LogP contribution in [-0.2, 0) is 23.9 Å². The summed E-state index contributed by atoms with van der Waals surface area (Å²) in [5.41, 5.74) is 3.77. The Morgan fingerprint density at radius 3 is 2.24 bits per heavy atom. The molecule has 1 saturated heterocycles. The van der Waals surface area contributed by atoms with Crippen molar-refractivity contribution in [3.8, 4) is 11.5 Å². The van der Waals surface area contributed by atoms with Gasteiger partial charge in [-0.1, -0.05) is 19.9 Å². The molecule has 0 aliphatic carbocycles. The van der Waals surface area contributed by atoms with Crippen molar-refractivity contribution in [1.29, 1.82) is 0 Å². The van der Waals surface area contributed by atoms with Gasteiger partial charge in [0.25, 0.3) is 5.91 Å². The molecule has 1 heterocycles. The molecule has 214 valence electrons. The van der Waals surface area contributed by atoms with Crippen LogP contribution in [0.15, 0.2) is 66.7 Å². The normalized spacial score (nSPS) is 14.6. The van der Waals surface area contributed by atoms with Gasteiger partial charge in [0, 0.05) is 24.3 Å². The number of hydrogen-bond acceptors (Lipinski definition) is 7. The molecule has 1 aliphatic heterocycles. The lowest BCUT2D eigenvalue weighted by atomic mass is 10.1. The van der Waals surface area contributed by atoms with E-state index in [9.17, 15) is 19.2 Å². The van der Waals surface area contributed by atoms with Crippen molar-refractivity contribution < 1.29 is 33.4 Å². The molecule has 1 aliphatic rings. The topological polar surface area (TPSA) is 111 Å². The monoisotopic (exact) mass is 558 g/mol. The van der Waals surface area contributed by atoms with Crippen molar-refractivity contribution >= 4 is 35.1 Å². The van der Waals surface area contributed by atoms with E-state index in [0.717, 1.165) is 11.3 Å². The second-order valence-electron chi connectivity index (χ2n) is 10.5. The Bertz CT molecular complexity index is 1410. The quantitative estimate of drug-likeness (QED) is 0.330. The van der Waals surface area contributed by atoms with Crippen molar-refractivity contribution in [3.05, 3.63) is 83.4 Å². The summed E-state index contributed by atoms with van der Waals surface area (Å²) in [7, 11) is 0. The van der Waals surface area contributed by atoms with E-state index in [1.165, 1.54) is 10.5 Å². The van der Waals surface area contributed by atoms with Crippen LogP contribution >= 0.6 is 0 Å². The van der Waals surface area contributed by atoms with Gasteiger partial charge in [-0.15, -0.1) is 0 Å². The highest BCUT2D eigenvalue weighted by Gasteiger charge is 2.36. The van der Waals surface area contributed by atoms with E-state index in [0.29, 0.717) is 29.3 Å². The smallest absolute Gasteiger partial charge is 0.338 e. The Labute approximate surface area is 239 Å². The Hall–Kier alpha value is -4.66. The molecule has 0 spiro atoms. The second kappa shape index (κ2) is 13.1. The van der Waals surface area contributed by atoms with E-state index in [1.807, 2.05) is 45.9 Å². The first kappa shape index (κ1) is 29.3. The van der Waals surface area contributed by atoms with Crippen molar-refractivity contribution in [3.63, 3.8) is 0 Å². The van der Waals surface area contributed by atoms with E-state index >= 15 is 0 Å². The number of esters is 2. The van der Waals surface area contributed by atoms with Gasteiger partial charge in [-0.3, -0.25) is 14.4 Å². The third-order valence-corrected chi connectivity index (χ3v) is 6.62. The van der Waals surface area contributed by atoms with Crippen molar-refractivity contribution in [2.75, 3.05) is 30.0 Å². The molecule has 0 radical (unpaired) electrons. The summed E-state index contributed by atoms with van der Waals surface area (Å²) in [5, 5.41) is 2.62. The number of hydrogen-bond donors (Lipinski definition) is 1. The first-order chi connectivity index (χ1) is 19.6. The Kier molecular flexibility index (Phi) is 9.39. The van der Waals surface area contributed by atoms with Gasteiger partial charge in [0.1, 0.15) is 11.5 Å². The van der Waals surface area contributed by atoms with Gasteiger partial charge in [0.05, 0.1) is 18.1 Å². The van der Waals surface area contributed by atoms with Gasteiger partial charge in [-0.2, -0.15) is 0 Å². The molecule has 41 heavy (non-hydrogen) atoms. The SMILES string of the molecule is Cc1ccc(Oc2ccc(N3C[C@@H](C(=O)OCC(=O)Nc4ccc(C(=O)OCC(C)C)cc4)CC3=O)cc2)cc1C. The van der Waals surface area contributed by atoms with Crippen LogP contribution in [0, 0.1) is 25.7 Å². The molecule has 0 aromatic heterocycles. The number of carbonyl (C=O) groups is 4. The number of carbonyl (C=O) groups excluding carboxylic acids is 4. The Balaban J connectivity index is 1.24. The van der Waals surface area contributed by atoms with Gasteiger partial charge >= 0.3 is 11.9 Å².